The molecule has 2 aliphatic heterocycles. The van der Waals surface area contributed by atoms with Gasteiger partial charge in [0.25, 0.3) is 0 Å². The second-order valence-corrected chi connectivity index (χ2v) is 5.03. The number of hydrogen-bond acceptors (Lipinski definition) is 7. The molecule has 2 atom stereocenters. The Morgan fingerprint density at radius 1 is 1.09 bits per heavy atom. The SMILES string of the molecule is COc1cc(C(=O)OCC2CO2)cc(OC)c1OCC1CO1. The summed E-state index contributed by atoms with van der Waals surface area (Å²) in [6, 6.07) is 3.14. The minimum Gasteiger partial charge on any atom is -0.493 e. The highest BCUT2D eigenvalue weighted by Gasteiger charge is 2.27. The number of hydrogen-bond donors (Lipinski definition) is 0. The Labute approximate surface area is 128 Å². The first-order valence-corrected chi connectivity index (χ1v) is 7.00. The van der Waals surface area contributed by atoms with Crippen molar-refractivity contribution < 1.29 is 33.2 Å². The average Bonchev–Trinajstić information content (AvgIpc) is 3.43. The van der Waals surface area contributed by atoms with Gasteiger partial charge in [0.15, 0.2) is 11.5 Å². The number of methoxy groups -OCH3 is 2. The summed E-state index contributed by atoms with van der Waals surface area (Å²) in [5.74, 6) is 0.816. The van der Waals surface area contributed by atoms with Crippen molar-refractivity contribution in [1.29, 1.82) is 0 Å². The Kier molecular flexibility index (Phi) is 4.35. The van der Waals surface area contributed by atoms with Gasteiger partial charge in [0, 0.05) is 0 Å². The predicted octanol–water partition coefficient (Wildman–Crippen LogP) is 1.04. The molecule has 1 aromatic carbocycles. The molecule has 0 aromatic heterocycles. The summed E-state index contributed by atoms with van der Waals surface area (Å²) in [5.41, 5.74) is 0.337. The Balaban J connectivity index is 1.76. The van der Waals surface area contributed by atoms with E-state index in [-0.39, 0.29) is 18.8 Å². The van der Waals surface area contributed by atoms with Crippen LogP contribution in [0.1, 0.15) is 10.4 Å². The second kappa shape index (κ2) is 6.41. The van der Waals surface area contributed by atoms with E-state index in [1.54, 1.807) is 12.1 Å². The van der Waals surface area contributed by atoms with Gasteiger partial charge >= 0.3 is 5.97 Å². The van der Waals surface area contributed by atoms with Gasteiger partial charge in [-0.25, -0.2) is 4.79 Å². The van der Waals surface area contributed by atoms with Crippen LogP contribution in [0.15, 0.2) is 12.1 Å². The van der Waals surface area contributed by atoms with Crippen LogP contribution in [-0.4, -0.2) is 58.8 Å². The molecule has 2 heterocycles. The first-order valence-electron chi connectivity index (χ1n) is 7.00. The third-order valence-corrected chi connectivity index (χ3v) is 3.31. The molecule has 2 unspecified atom stereocenters. The molecule has 2 fully saturated rings. The van der Waals surface area contributed by atoms with Crippen LogP contribution in [0.3, 0.4) is 0 Å². The first kappa shape index (κ1) is 14.9. The molecule has 7 nitrogen and oxygen atoms in total. The largest absolute Gasteiger partial charge is 0.493 e. The first-order chi connectivity index (χ1) is 10.7. The summed E-state index contributed by atoms with van der Waals surface area (Å²) in [4.78, 5) is 12.1. The van der Waals surface area contributed by atoms with Crippen LogP contribution in [0, 0.1) is 0 Å². The molecule has 0 bridgehead atoms. The number of esters is 1. The third kappa shape index (κ3) is 3.61. The predicted molar refractivity (Wildman–Crippen MR) is 74.8 cm³/mol. The fourth-order valence-electron chi connectivity index (χ4n) is 1.90. The summed E-state index contributed by atoms with van der Waals surface area (Å²) < 4.78 is 31.5. The Bertz CT molecular complexity index is 524. The van der Waals surface area contributed by atoms with E-state index in [1.807, 2.05) is 0 Å². The highest BCUT2D eigenvalue weighted by Crippen LogP contribution is 2.39. The minimum atomic E-state index is -0.454. The Hall–Kier alpha value is -1.99. The standard InChI is InChI=1S/C15H18O7/c1-17-12-3-9(15(16)22-8-11-6-20-11)4-13(18-2)14(12)21-7-10-5-19-10/h3-4,10-11H,5-8H2,1-2H3. The van der Waals surface area contributed by atoms with Crippen LogP contribution in [0.5, 0.6) is 17.2 Å². The van der Waals surface area contributed by atoms with Gasteiger partial charge in [-0.3, -0.25) is 0 Å². The molecular formula is C15H18O7. The lowest BCUT2D eigenvalue weighted by atomic mass is 10.2. The van der Waals surface area contributed by atoms with E-state index in [2.05, 4.69) is 0 Å². The van der Waals surface area contributed by atoms with Crippen molar-refractivity contribution in [2.45, 2.75) is 12.2 Å². The second-order valence-electron chi connectivity index (χ2n) is 5.03. The molecule has 1 aromatic rings. The van der Waals surface area contributed by atoms with Crippen molar-refractivity contribution in [3.05, 3.63) is 17.7 Å². The van der Waals surface area contributed by atoms with Crippen molar-refractivity contribution in [1.82, 2.24) is 0 Å². The molecule has 0 N–H and O–H groups in total. The van der Waals surface area contributed by atoms with E-state index in [0.717, 1.165) is 0 Å². The highest BCUT2D eigenvalue weighted by atomic mass is 16.6. The van der Waals surface area contributed by atoms with E-state index >= 15 is 0 Å². The van der Waals surface area contributed by atoms with Gasteiger partial charge in [0.1, 0.15) is 25.4 Å². The number of carbonyl (C=O) groups excluding carboxylic acids is 1. The molecule has 120 valence electrons. The summed E-state index contributed by atoms with van der Waals surface area (Å²) in [5, 5.41) is 0. The monoisotopic (exact) mass is 310 g/mol. The van der Waals surface area contributed by atoms with E-state index in [4.69, 9.17) is 28.4 Å². The van der Waals surface area contributed by atoms with Crippen molar-refractivity contribution in [2.24, 2.45) is 0 Å². The van der Waals surface area contributed by atoms with Gasteiger partial charge in [-0.15, -0.1) is 0 Å². The van der Waals surface area contributed by atoms with Crippen LogP contribution in [0.4, 0.5) is 0 Å². The van der Waals surface area contributed by atoms with Crippen LogP contribution in [-0.2, 0) is 14.2 Å². The Morgan fingerprint density at radius 2 is 1.64 bits per heavy atom. The molecule has 7 heteroatoms. The van der Waals surface area contributed by atoms with Crippen LogP contribution < -0.4 is 14.2 Å². The molecule has 22 heavy (non-hydrogen) atoms. The highest BCUT2D eigenvalue weighted by molar-refractivity contribution is 5.91. The molecule has 0 radical (unpaired) electrons. The smallest absolute Gasteiger partial charge is 0.338 e. The fraction of sp³-hybridized carbons (Fsp3) is 0.533. The van der Waals surface area contributed by atoms with Crippen LogP contribution in [0.25, 0.3) is 0 Å². The third-order valence-electron chi connectivity index (χ3n) is 3.31. The molecule has 2 saturated heterocycles. The van der Waals surface area contributed by atoms with E-state index in [1.165, 1.54) is 14.2 Å². The van der Waals surface area contributed by atoms with Gasteiger partial charge in [0.2, 0.25) is 5.75 Å². The van der Waals surface area contributed by atoms with Gasteiger partial charge in [-0.2, -0.15) is 0 Å². The number of benzene rings is 1. The number of rotatable bonds is 8. The van der Waals surface area contributed by atoms with Gasteiger partial charge in [0.05, 0.1) is 33.0 Å². The van der Waals surface area contributed by atoms with Crippen molar-refractivity contribution >= 4 is 5.97 Å². The Morgan fingerprint density at radius 3 is 2.14 bits per heavy atom. The maximum atomic E-state index is 12.1. The lowest BCUT2D eigenvalue weighted by molar-refractivity contribution is 0.0475. The quantitative estimate of drug-likeness (QED) is 0.524. The average molecular weight is 310 g/mol. The van der Waals surface area contributed by atoms with E-state index in [9.17, 15) is 4.79 Å². The van der Waals surface area contributed by atoms with Crippen molar-refractivity contribution in [3.8, 4) is 17.2 Å². The summed E-state index contributed by atoms with van der Waals surface area (Å²) in [6.07, 6.45) is 0.131. The summed E-state index contributed by atoms with van der Waals surface area (Å²) in [7, 11) is 3.00. The molecule has 0 spiro atoms. The lowest BCUT2D eigenvalue weighted by Crippen LogP contribution is -2.11. The fourth-order valence-corrected chi connectivity index (χ4v) is 1.90. The van der Waals surface area contributed by atoms with Gasteiger partial charge < -0.3 is 28.4 Å². The van der Waals surface area contributed by atoms with Crippen molar-refractivity contribution in [2.75, 3.05) is 40.6 Å². The van der Waals surface area contributed by atoms with Crippen LogP contribution in [0.2, 0.25) is 0 Å². The minimum absolute atomic E-state index is 0.0221. The van der Waals surface area contributed by atoms with Gasteiger partial charge in [-0.1, -0.05) is 0 Å². The topological polar surface area (TPSA) is 79.1 Å². The zero-order valence-corrected chi connectivity index (χ0v) is 12.5. The number of carbonyl (C=O) groups is 1. The van der Waals surface area contributed by atoms with Crippen LogP contribution >= 0.6 is 0 Å². The molecule has 3 rings (SSSR count). The zero-order valence-electron chi connectivity index (χ0n) is 12.5. The van der Waals surface area contributed by atoms with E-state index in [0.29, 0.717) is 42.6 Å². The normalized spacial score (nSPS) is 21.9. The molecule has 2 aliphatic rings. The van der Waals surface area contributed by atoms with Crippen molar-refractivity contribution in [3.63, 3.8) is 0 Å². The molecular weight excluding hydrogens is 292 g/mol. The molecule has 0 aliphatic carbocycles. The zero-order chi connectivity index (χ0) is 15.5. The maximum absolute atomic E-state index is 12.1. The number of ether oxygens (including phenoxy) is 6. The summed E-state index contributed by atoms with van der Waals surface area (Å²) >= 11 is 0. The van der Waals surface area contributed by atoms with Gasteiger partial charge in [-0.05, 0) is 12.1 Å². The lowest BCUT2D eigenvalue weighted by Gasteiger charge is -2.15. The van der Waals surface area contributed by atoms with E-state index < -0.39 is 5.97 Å². The molecule has 0 saturated carbocycles. The molecule has 0 amide bonds. The maximum Gasteiger partial charge on any atom is 0.338 e. The number of epoxide rings is 2. The summed E-state index contributed by atoms with van der Waals surface area (Å²) in [6.45, 7) is 1.99.